The summed E-state index contributed by atoms with van der Waals surface area (Å²) >= 11 is 0. The predicted octanol–water partition coefficient (Wildman–Crippen LogP) is 1.61. The van der Waals surface area contributed by atoms with E-state index in [1.165, 1.54) is 18.4 Å². The maximum Gasteiger partial charge on any atom is 0.0702 e. The number of hydrogen-bond donors (Lipinski definition) is 1. The molecule has 0 bridgehead atoms. The van der Waals surface area contributed by atoms with Crippen LogP contribution in [0, 0.1) is 11.8 Å². The highest BCUT2D eigenvalue weighted by molar-refractivity contribution is 5.36. The number of hydrogen-bond acceptors (Lipinski definition) is 3. The molecule has 1 aromatic carbocycles. The van der Waals surface area contributed by atoms with Crippen molar-refractivity contribution in [3.05, 3.63) is 35.4 Å². The van der Waals surface area contributed by atoms with Crippen molar-refractivity contribution < 1.29 is 4.74 Å². The maximum atomic E-state index is 5.65. The highest BCUT2D eigenvalue weighted by atomic mass is 16.5. The van der Waals surface area contributed by atoms with Crippen molar-refractivity contribution >= 4 is 0 Å². The standard InChI is InChI=1S/C16H22N2O/c1-18(13-16-5-3-11-19-16)12-15-8-6-14(7-9-15)4-2-10-17/h6-9,16H,3,5,10-13,17H2,1H3. The summed E-state index contributed by atoms with van der Waals surface area (Å²) in [6.45, 7) is 3.29. The Balaban J connectivity index is 1.84. The molecular weight excluding hydrogens is 236 g/mol. The molecule has 0 aliphatic carbocycles. The van der Waals surface area contributed by atoms with Gasteiger partial charge in [-0.3, -0.25) is 4.90 Å². The highest BCUT2D eigenvalue weighted by Gasteiger charge is 2.17. The Morgan fingerprint density at radius 3 is 2.79 bits per heavy atom. The van der Waals surface area contributed by atoms with Crippen molar-refractivity contribution in [2.24, 2.45) is 5.73 Å². The summed E-state index contributed by atoms with van der Waals surface area (Å²) in [5.74, 6) is 5.90. The van der Waals surface area contributed by atoms with Gasteiger partial charge in [0.15, 0.2) is 0 Å². The second-order valence-electron chi connectivity index (χ2n) is 5.03. The summed E-state index contributed by atoms with van der Waals surface area (Å²) in [5.41, 5.74) is 7.69. The minimum atomic E-state index is 0.409. The van der Waals surface area contributed by atoms with Gasteiger partial charge in [0.2, 0.25) is 0 Å². The van der Waals surface area contributed by atoms with E-state index in [0.717, 1.165) is 25.3 Å². The Hall–Kier alpha value is -1.34. The second-order valence-corrected chi connectivity index (χ2v) is 5.03. The number of nitrogens with two attached hydrogens (primary N) is 1. The molecule has 2 N–H and O–H groups in total. The zero-order valence-corrected chi connectivity index (χ0v) is 11.6. The molecule has 0 saturated carbocycles. The van der Waals surface area contributed by atoms with Gasteiger partial charge in [0.25, 0.3) is 0 Å². The van der Waals surface area contributed by atoms with Crippen molar-refractivity contribution in [1.29, 1.82) is 0 Å². The monoisotopic (exact) mass is 258 g/mol. The van der Waals surface area contributed by atoms with Gasteiger partial charge in [-0.1, -0.05) is 24.0 Å². The van der Waals surface area contributed by atoms with Crippen LogP contribution in [-0.4, -0.2) is 37.7 Å². The van der Waals surface area contributed by atoms with E-state index < -0.39 is 0 Å². The molecule has 102 valence electrons. The van der Waals surface area contributed by atoms with Gasteiger partial charge in [-0.15, -0.1) is 0 Å². The van der Waals surface area contributed by atoms with Crippen LogP contribution in [0.5, 0.6) is 0 Å². The quantitative estimate of drug-likeness (QED) is 0.834. The number of likely N-dealkylation sites (N-methyl/N-ethyl adjacent to an activating group) is 1. The van der Waals surface area contributed by atoms with Gasteiger partial charge >= 0.3 is 0 Å². The van der Waals surface area contributed by atoms with Crippen molar-refractivity contribution in [2.75, 3.05) is 26.7 Å². The van der Waals surface area contributed by atoms with E-state index in [2.05, 4.69) is 48.1 Å². The third-order valence-corrected chi connectivity index (χ3v) is 3.28. The largest absolute Gasteiger partial charge is 0.377 e. The maximum absolute atomic E-state index is 5.65. The van der Waals surface area contributed by atoms with Gasteiger partial charge < -0.3 is 10.5 Å². The molecule has 1 atom stereocenters. The Bertz CT molecular complexity index is 438. The van der Waals surface area contributed by atoms with Crippen molar-refractivity contribution in [1.82, 2.24) is 4.90 Å². The lowest BCUT2D eigenvalue weighted by Crippen LogP contribution is -2.28. The molecule has 1 unspecified atom stereocenters. The molecule has 0 aromatic heterocycles. The van der Waals surface area contributed by atoms with Crippen LogP contribution in [0.2, 0.25) is 0 Å². The fourth-order valence-electron chi connectivity index (χ4n) is 2.36. The van der Waals surface area contributed by atoms with Gasteiger partial charge in [-0.25, -0.2) is 0 Å². The Kier molecular flexibility index (Phi) is 5.41. The van der Waals surface area contributed by atoms with Gasteiger partial charge in [-0.05, 0) is 37.6 Å². The van der Waals surface area contributed by atoms with Gasteiger partial charge in [0, 0.05) is 25.3 Å². The topological polar surface area (TPSA) is 38.5 Å². The van der Waals surface area contributed by atoms with Crippen LogP contribution in [0.4, 0.5) is 0 Å². The number of nitrogens with zero attached hydrogens (tertiary/aromatic N) is 1. The third kappa shape index (κ3) is 4.68. The fraction of sp³-hybridized carbons (Fsp3) is 0.500. The van der Waals surface area contributed by atoms with E-state index in [9.17, 15) is 0 Å². The van der Waals surface area contributed by atoms with Crippen LogP contribution >= 0.6 is 0 Å². The molecule has 1 saturated heterocycles. The molecule has 0 radical (unpaired) electrons. The van der Waals surface area contributed by atoms with Crippen molar-refractivity contribution in [3.8, 4) is 11.8 Å². The van der Waals surface area contributed by atoms with Crippen molar-refractivity contribution in [3.63, 3.8) is 0 Å². The zero-order chi connectivity index (χ0) is 13.5. The molecule has 1 heterocycles. The normalized spacial score (nSPS) is 18.4. The Morgan fingerprint density at radius 2 is 2.16 bits per heavy atom. The van der Waals surface area contributed by atoms with E-state index >= 15 is 0 Å². The summed E-state index contributed by atoms with van der Waals surface area (Å²) in [6.07, 6.45) is 2.81. The minimum Gasteiger partial charge on any atom is -0.377 e. The molecule has 1 fully saturated rings. The van der Waals surface area contributed by atoms with Crippen LogP contribution in [0.1, 0.15) is 24.0 Å². The summed E-state index contributed by atoms with van der Waals surface area (Å²) in [6, 6.07) is 8.37. The van der Waals surface area contributed by atoms with E-state index in [-0.39, 0.29) is 0 Å². The summed E-state index contributed by atoms with van der Waals surface area (Å²) < 4.78 is 5.65. The minimum absolute atomic E-state index is 0.409. The molecule has 1 aliphatic heterocycles. The lowest BCUT2D eigenvalue weighted by Gasteiger charge is -2.20. The van der Waals surface area contributed by atoms with Crippen LogP contribution in [0.3, 0.4) is 0 Å². The predicted molar refractivity (Wildman–Crippen MR) is 77.7 cm³/mol. The van der Waals surface area contributed by atoms with E-state index in [1.54, 1.807) is 0 Å². The van der Waals surface area contributed by atoms with E-state index in [4.69, 9.17) is 10.5 Å². The van der Waals surface area contributed by atoms with Gasteiger partial charge in [-0.2, -0.15) is 0 Å². The first-order valence-corrected chi connectivity index (χ1v) is 6.86. The van der Waals surface area contributed by atoms with E-state index in [1.807, 2.05) is 0 Å². The smallest absolute Gasteiger partial charge is 0.0702 e. The number of rotatable bonds is 4. The molecule has 19 heavy (non-hydrogen) atoms. The highest BCUT2D eigenvalue weighted by Crippen LogP contribution is 2.14. The lowest BCUT2D eigenvalue weighted by atomic mass is 10.1. The zero-order valence-electron chi connectivity index (χ0n) is 11.6. The number of ether oxygens (including phenoxy) is 1. The lowest BCUT2D eigenvalue weighted by molar-refractivity contribution is 0.0793. The Morgan fingerprint density at radius 1 is 1.37 bits per heavy atom. The van der Waals surface area contributed by atoms with Gasteiger partial charge in [0.1, 0.15) is 0 Å². The molecule has 0 spiro atoms. The van der Waals surface area contributed by atoms with Crippen LogP contribution in [0.15, 0.2) is 24.3 Å². The second kappa shape index (κ2) is 7.30. The summed E-state index contributed by atoms with van der Waals surface area (Å²) in [5, 5.41) is 0. The van der Waals surface area contributed by atoms with Crippen LogP contribution < -0.4 is 5.73 Å². The van der Waals surface area contributed by atoms with Crippen LogP contribution in [-0.2, 0) is 11.3 Å². The fourth-order valence-corrected chi connectivity index (χ4v) is 2.36. The first-order valence-electron chi connectivity index (χ1n) is 6.86. The Labute approximate surface area is 115 Å². The van der Waals surface area contributed by atoms with Crippen LogP contribution in [0.25, 0.3) is 0 Å². The first kappa shape index (κ1) is 14.1. The average Bonchev–Trinajstić information content (AvgIpc) is 2.90. The SMILES string of the molecule is CN(Cc1ccc(C#CCN)cc1)CC1CCCO1. The van der Waals surface area contributed by atoms with Gasteiger partial charge in [0.05, 0.1) is 12.6 Å². The molecule has 0 amide bonds. The van der Waals surface area contributed by atoms with E-state index in [0.29, 0.717) is 12.6 Å². The average molecular weight is 258 g/mol. The first-order chi connectivity index (χ1) is 9.28. The molecule has 2 rings (SSSR count). The molecule has 3 heteroatoms. The third-order valence-electron chi connectivity index (χ3n) is 3.28. The molecule has 3 nitrogen and oxygen atoms in total. The molecule has 1 aromatic rings. The summed E-state index contributed by atoms with van der Waals surface area (Å²) in [4.78, 5) is 2.32. The summed E-state index contributed by atoms with van der Waals surface area (Å²) in [7, 11) is 2.14. The molecular formula is C16H22N2O. The molecule has 1 aliphatic rings. The van der Waals surface area contributed by atoms with Crippen molar-refractivity contribution in [2.45, 2.75) is 25.5 Å². The number of benzene rings is 1.